The number of amides is 1. The van der Waals surface area contributed by atoms with Crippen LogP contribution >= 0.6 is 11.3 Å². The van der Waals surface area contributed by atoms with Gasteiger partial charge in [-0.15, -0.1) is 11.3 Å². The normalized spacial score (nSPS) is 13.4. The maximum atomic E-state index is 13.3. The standard InChI is InChI=1S/C24H25N3O2S/c1-4-19(23(28)25-14-15(2)17-10-6-5-7-11-17)27-24(29)21-18-12-8-9-13-20(18)30-22(21)16(3)26-27/h5-13,15,19H,4,14H2,1-3H3,(H,25,28)/t15-,19-/m1/s1. The number of rotatable bonds is 6. The van der Waals surface area contributed by atoms with Crippen LogP contribution in [0, 0.1) is 6.92 Å². The minimum atomic E-state index is -0.637. The Morgan fingerprint density at radius 2 is 1.83 bits per heavy atom. The molecule has 1 N–H and O–H groups in total. The summed E-state index contributed by atoms with van der Waals surface area (Å²) in [7, 11) is 0. The Labute approximate surface area is 179 Å². The van der Waals surface area contributed by atoms with Gasteiger partial charge in [-0.1, -0.05) is 62.4 Å². The van der Waals surface area contributed by atoms with Crippen LogP contribution in [0.3, 0.4) is 0 Å². The second-order valence-electron chi connectivity index (χ2n) is 7.62. The Bertz CT molecular complexity index is 1260. The number of aryl methyl sites for hydroxylation is 1. The van der Waals surface area contributed by atoms with E-state index in [4.69, 9.17) is 0 Å². The van der Waals surface area contributed by atoms with Crippen molar-refractivity contribution in [1.29, 1.82) is 0 Å². The lowest BCUT2D eigenvalue weighted by Gasteiger charge is -2.19. The Morgan fingerprint density at radius 3 is 2.57 bits per heavy atom. The monoisotopic (exact) mass is 419 g/mol. The smallest absolute Gasteiger partial charge is 0.276 e. The van der Waals surface area contributed by atoms with E-state index in [0.717, 1.165) is 20.5 Å². The number of fused-ring (bicyclic) bond motifs is 3. The highest BCUT2D eigenvalue weighted by molar-refractivity contribution is 7.26. The van der Waals surface area contributed by atoms with Gasteiger partial charge >= 0.3 is 0 Å². The number of thiophene rings is 1. The molecular weight excluding hydrogens is 394 g/mol. The van der Waals surface area contributed by atoms with Gasteiger partial charge in [0, 0.05) is 16.6 Å². The van der Waals surface area contributed by atoms with Gasteiger partial charge in [-0.2, -0.15) is 5.10 Å². The second-order valence-corrected chi connectivity index (χ2v) is 8.67. The number of benzene rings is 2. The summed E-state index contributed by atoms with van der Waals surface area (Å²) in [6, 6.07) is 17.3. The van der Waals surface area contributed by atoms with Crippen LogP contribution < -0.4 is 10.9 Å². The lowest BCUT2D eigenvalue weighted by atomic mass is 10.0. The molecule has 4 rings (SSSR count). The summed E-state index contributed by atoms with van der Waals surface area (Å²) in [5.41, 5.74) is 1.74. The summed E-state index contributed by atoms with van der Waals surface area (Å²) < 4.78 is 3.33. The average molecular weight is 420 g/mol. The van der Waals surface area contributed by atoms with E-state index in [9.17, 15) is 9.59 Å². The molecular formula is C24H25N3O2S. The van der Waals surface area contributed by atoms with Crippen molar-refractivity contribution in [3.63, 3.8) is 0 Å². The quantitative estimate of drug-likeness (QED) is 0.489. The molecule has 0 spiro atoms. The number of aromatic nitrogens is 2. The van der Waals surface area contributed by atoms with Crippen LogP contribution in [-0.4, -0.2) is 22.2 Å². The molecule has 2 aromatic heterocycles. The Balaban J connectivity index is 1.65. The van der Waals surface area contributed by atoms with Crippen molar-refractivity contribution in [1.82, 2.24) is 15.1 Å². The van der Waals surface area contributed by atoms with Crippen LogP contribution in [0.2, 0.25) is 0 Å². The highest BCUT2D eigenvalue weighted by Crippen LogP contribution is 2.33. The molecule has 0 unspecified atom stereocenters. The topological polar surface area (TPSA) is 64.0 Å². The van der Waals surface area contributed by atoms with Gasteiger partial charge in [0.15, 0.2) is 0 Å². The summed E-state index contributed by atoms with van der Waals surface area (Å²) in [6.45, 7) is 6.39. The number of carbonyl (C=O) groups excluding carboxylic acids is 1. The molecule has 0 fully saturated rings. The van der Waals surface area contributed by atoms with E-state index in [2.05, 4.69) is 29.5 Å². The molecule has 1 amide bonds. The zero-order chi connectivity index (χ0) is 21.3. The predicted molar refractivity (Wildman–Crippen MR) is 123 cm³/mol. The van der Waals surface area contributed by atoms with Gasteiger partial charge < -0.3 is 5.32 Å². The highest BCUT2D eigenvalue weighted by Gasteiger charge is 2.24. The number of hydrogen-bond donors (Lipinski definition) is 1. The summed E-state index contributed by atoms with van der Waals surface area (Å²) in [5.74, 6) is 0.00976. The van der Waals surface area contributed by atoms with Gasteiger partial charge in [0.25, 0.3) is 5.56 Å². The summed E-state index contributed by atoms with van der Waals surface area (Å²) >= 11 is 1.57. The Hall–Kier alpha value is -2.99. The van der Waals surface area contributed by atoms with Gasteiger partial charge in [0.1, 0.15) is 6.04 Å². The maximum Gasteiger partial charge on any atom is 0.276 e. The first kappa shape index (κ1) is 20.3. The number of hydrogen-bond acceptors (Lipinski definition) is 4. The van der Waals surface area contributed by atoms with Crippen LogP contribution in [-0.2, 0) is 4.79 Å². The summed E-state index contributed by atoms with van der Waals surface area (Å²) in [4.78, 5) is 26.4. The molecule has 4 aromatic rings. The van der Waals surface area contributed by atoms with Crippen LogP contribution in [0.1, 0.15) is 43.5 Å². The van der Waals surface area contributed by atoms with E-state index < -0.39 is 6.04 Å². The molecule has 2 heterocycles. The molecule has 5 nitrogen and oxygen atoms in total. The molecule has 0 aliphatic heterocycles. The van der Waals surface area contributed by atoms with Gasteiger partial charge in [-0.25, -0.2) is 4.68 Å². The van der Waals surface area contributed by atoms with Crippen molar-refractivity contribution in [2.45, 2.75) is 39.2 Å². The molecule has 0 aliphatic carbocycles. The number of carbonyl (C=O) groups is 1. The van der Waals surface area contributed by atoms with E-state index in [1.165, 1.54) is 10.2 Å². The van der Waals surface area contributed by atoms with Crippen LogP contribution in [0.4, 0.5) is 0 Å². The van der Waals surface area contributed by atoms with Gasteiger partial charge in [-0.05, 0) is 30.9 Å². The minimum Gasteiger partial charge on any atom is -0.354 e. The van der Waals surface area contributed by atoms with Crippen molar-refractivity contribution in [3.8, 4) is 0 Å². The first-order valence-corrected chi connectivity index (χ1v) is 11.1. The maximum absolute atomic E-state index is 13.3. The molecule has 0 aliphatic rings. The van der Waals surface area contributed by atoms with E-state index >= 15 is 0 Å². The van der Waals surface area contributed by atoms with Crippen molar-refractivity contribution in [3.05, 3.63) is 76.2 Å². The third-order valence-corrected chi connectivity index (χ3v) is 6.82. The summed E-state index contributed by atoms with van der Waals surface area (Å²) in [6.07, 6.45) is 0.492. The van der Waals surface area contributed by atoms with Crippen molar-refractivity contribution in [2.75, 3.05) is 6.54 Å². The largest absolute Gasteiger partial charge is 0.354 e. The van der Waals surface area contributed by atoms with Gasteiger partial charge in [0.2, 0.25) is 5.91 Å². The zero-order valence-electron chi connectivity index (χ0n) is 17.4. The van der Waals surface area contributed by atoms with E-state index in [-0.39, 0.29) is 17.4 Å². The van der Waals surface area contributed by atoms with E-state index in [0.29, 0.717) is 18.4 Å². The number of nitrogens with one attached hydrogen (secondary N) is 1. The van der Waals surface area contributed by atoms with Gasteiger partial charge in [0.05, 0.1) is 15.8 Å². The van der Waals surface area contributed by atoms with Gasteiger partial charge in [-0.3, -0.25) is 9.59 Å². The van der Waals surface area contributed by atoms with Crippen LogP contribution in [0.5, 0.6) is 0 Å². The van der Waals surface area contributed by atoms with Crippen molar-refractivity contribution < 1.29 is 4.79 Å². The fourth-order valence-electron chi connectivity index (χ4n) is 3.83. The first-order valence-electron chi connectivity index (χ1n) is 10.2. The Kier molecular flexibility index (Phi) is 5.68. The fourth-order valence-corrected chi connectivity index (χ4v) is 4.97. The first-order chi connectivity index (χ1) is 14.5. The fraction of sp³-hybridized carbons (Fsp3) is 0.292. The average Bonchev–Trinajstić information content (AvgIpc) is 3.17. The molecule has 0 radical (unpaired) electrons. The third-order valence-electron chi connectivity index (χ3n) is 5.54. The lowest BCUT2D eigenvalue weighted by molar-refractivity contribution is -0.124. The molecule has 6 heteroatoms. The molecule has 154 valence electrons. The van der Waals surface area contributed by atoms with E-state index in [1.807, 2.05) is 56.3 Å². The second kappa shape index (κ2) is 8.40. The van der Waals surface area contributed by atoms with Crippen LogP contribution in [0.15, 0.2) is 59.4 Å². The van der Waals surface area contributed by atoms with Crippen molar-refractivity contribution >= 4 is 37.4 Å². The predicted octanol–water partition coefficient (Wildman–Crippen LogP) is 4.79. The molecule has 2 aromatic carbocycles. The highest BCUT2D eigenvalue weighted by atomic mass is 32.1. The minimum absolute atomic E-state index is 0.173. The molecule has 2 atom stereocenters. The molecule has 0 saturated heterocycles. The number of nitrogens with zero attached hydrogens (tertiary/aromatic N) is 2. The molecule has 0 bridgehead atoms. The van der Waals surface area contributed by atoms with Crippen LogP contribution in [0.25, 0.3) is 20.2 Å². The van der Waals surface area contributed by atoms with Crippen molar-refractivity contribution in [2.24, 2.45) is 0 Å². The zero-order valence-corrected chi connectivity index (χ0v) is 18.2. The SMILES string of the molecule is CC[C@H](C(=O)NC[C@@H](C)c1ccccc1)n1nc(C)c2sc3ccccc3c2c1=O. The third kappa shape index (κ3) is 3.63. The Morgan fingerprint density at radius 1 is 1.13 bits per heavy atom. The molecule has 30 heavy (non-hydrogen) atoms. The van der Waals surface area contributed by atoms with E-state index in [1.54, 1.807) is 11.3 Å². The molecule has 0 saturated carbocycles. The summed E-state index contributed by atoms with van der Waals surface area (Å²) in [5, 5.41) is 9.13. The lowest BCUT2D eigenvalue weighted by Crippen LogP contribution is -2.39.